The lowest BCUT2D eigenvalue weighted by Gasteiger charge is -2.61. The molecule has 8 atom stereocenters. The van der Waals surface area contributed by atoms with Gasteiger partial charge in [0.05, 0.1) is 0 Å². The molecule has 0 N–H and O–H groups in total. The lowest BCUT2D eigenvalue weighted by molar-refractivity contribution is -0.120. The predicted molar refractivity (Wildman–Crippen MR) is 103 cm³/mol. The van der Waals surface area contributed by atoms with Crippen molar-refractivity contribution < 1.29 is 0 Å². The highest BCUT2D eigenvalue weighted by atomic mass is 14.6. The molecule has 0 aliphatic heterocycles. The van der Waals surface area contributed by atoms with E-state index in [2.05, 4.69) is 39.2 Å². The molecular weight excluding hydrogens is 288 g/mol. The molecule has 0 aromatic rings. The Bertz CT molecular complexity index is 526. The van der Waals surface area contributed by atoms with Gasteiger partial charge in [-0.25, -0.2) is 0 Å². The van der Waals surface area contributed by atoms with E-state index in [1.807, 2.05) is 0 Å². The third kappa shape index (κ3) is 2.25. The Morgan fingerprint density at radius 2 is 1.67 bits per heavy atom. The van der Waals surface area contributed by atoms with Crippen LogP contribution in [0.3, 0.4) is 0 Å². The van der Waals surface area contributed by atoms with Gasteiger partial charge in [0.25, 0.3) is 0 Å². The molecule has 0 bridgehead atoms. The van der Waals surface area contributed by atoms with Crippen molar-refractivity contribution in [2.24, 2.45) is 46.3 Å². The van der Waals surface area contributed by atoms with Crippen molar-refractivity contribution in [2.75, 3.05) is 0 Å². The highest BCUT2D eigenvalue weighted by Crippen LogP contribution is 2.68. The SMILES string of the molecule is C=C=CC1CCC[C@@]2(C)C1CC[C@H]1[C@@H]3CC[C@H](CC)[C@@]3(C)CC[C@@H]12. The summed E-state index contributed by atoms with van der Waals surface area (Å²) in [6, 6.07) is 0. The first-order chi connectivity index (χ1) is 11.5. The van der Waals surface area contributed by atoms with Gasteiger partial charge in [-0.05, 0) is 104 Å². The number of allylic oxidation sites excluding steroid dienone is 1. The summed E-state index contributed by atoms with van der Waals surface area (Å²) in [6.45, 7) is 11.7. The minimum atomic E-state index is 0.602. The predicted octanol–water partition coefficient (Wildman–Crippen LogP) is 7.01. The van der Waals surface area contributed by atoms with Crippen LogP contribution < -0.4 is 0 Å². The average molecular weight is 327 g/mol. The number of rotatable bonds is 2. The normalized spacial score (nSPS) is 53.5. The van der Waals surface area contributed by atoms with Gasteiger partial charge in [-0.15, -0.1) is 5.73 Å². The van der Waals surface area contributed by atoms with Gasteiger partial charge in [-0.1, -0.05) is 40.2 Å². The van der Waals surface area contributed by atoms with E-state index >= 15 is 0 Å². The zero-order valence-corrected chi connectivity index (χ0v) is 16.3. The monoisotopic (exact) mass is 326 g/mol. The minimum absolute atomic E-state index is 0.602. The Balaban J connectivity index is 1.63. The molecular formula is C24H38. The van der Waals surface area contributed by atoms with E-state index in [0.717, 1.165) is 35.5 Å². The van der Waals surface area contributed by atoms with Crippen molar-refractivity contribution in [1.82, 2.24) is 0 Å². The Morgan fingerprint density at radius 1 is 0.917 bits per heavy atom. The maximum absolute atomic E-state index is 3.89. The second-order valence-electron chi connectivity index (χ2n) is 10.2. The minimum Gasteiger partial charge on any atom is -0.133 e. The van der Waals surface area contributed by atoms with Crippen LogP contribution in [0.15, 0.2) is 18.4 Å². The Labute approximate surface area is 150 Å². The van der Waals surface area contributed by atoms with E-state index < -0.39 is 0 Å². The zero-order chi connectivity index (χ0) is 16.9. The van der Waals surface area contributed by atoms with Crippen LogP contribution in [0.4, 0.5) is 0 Å². The summed E-state index contributed by atoms with van der Waals surface area (Å²) >= 11 is 0. The van der Waals surface area contributed by atoms with E-state index in [4.69, 9.17) is 0 Å². The second kappa shape index (κ2) is 6.05. The van der Waals surface area contributed by atoms with E-state index in [1.165, 1.54) is 64.2 Å². The van der Waals surface area contributed by atoms with Crippen molar-refractivity contribution in [3.8, 4) is 0 Å². The molecule has 24 heavy (non-hydrogen) atoms. The van der Waals surface area contributed by atoms with E-state index in [1.54, 1.807) is 0 Å². The van der Waals surface area contributed by atoms with Crippen molar-refractivity contribution in [3.05, 3.63) is 18.4 Å². The van der Waals surface area contributed by atoms with Gasteiger partial charge in [0.1, 0.15) is 0 Å². The molecule has 0 spiro atoms. The first-order valence-corrected chi connectivity index (χ1v) is 10.9. The molecule has 0 nitrogen and oxygen atoms in total. The molecule has 0 radical (unpaired) electrons. The molecule has 134 valence electrons. The molecule has 0 aromatic heterocycles. The van der Waals surface area contributed by atoms with Gasteiger partial charge in [-0.3, -0.25) is 0 Å². The zero-order valence-electron chi connectivity index (χ0n) is 16.3. The van der Waals surface area contributed by atoms with Crippen molar-refractivity contribution in [1.29, 1.82) is 0 Å². The number of fused-ring (bicyclic) bond motifs is 5. The quantitative estimate of drug-likeness (QED) is 0.479. The van der Waals surface area contributed by atoms with E-state index in [-0.39, 0.29) is 0 Å². The van der Waals surface area contributed by atoms with Gasteiger partial charge in [-0.2, -0.15) is 0 Å². The van der Waals surface area contributed by atoms with Crippen LogP contribution in [0.5, 0.6) is 0 Å². The topological polar surface area (TPSA) is 0 Å². The van der Waals surface area contributed by atoms with Crippen LogP contribution in [-0.4, -0.2) is 0 Å². The third-order valence-corrected chi connectivity index (χ3v) is 9.73. The van der Waals surface area contributed by atoms with E-state index in [9.17, 15) is 0 Å². The molecule has 4 fully saturated rings. The molecule has 0 saturated heterocycles. The Hall–Kier alpha value is -0.480. The fourth-order valence-corrected chi connectivity index (χ4v) is 8.61. The molecule has 4 rings (SSSR count). The molecule has 4 aliphatic rings. The van der Waals surface area contributed by atoms with Crippen LogP contribution in [0.1, 0.15) is 85.0 Å². The second-order valence-corrected chi connectivity index (χ2v) is 10.2. The largest absolute Gasteiger partial charge is 0.133 e. The molecule has 0 heterocycles. The lowest BCUT2D eigenvalue weighted by Crippen LogP contribution is -2.54. The molecule has 0 heteroatoms. The lowest BCUT2D eigenvalue weighted by atomic mass is 9.43. The Morgan fingerprint density at radius 3 is 2.42 bits per heavy atom. The molecule has 0 amide bonds. The van der Waals surface area contributed by atoms with Crippen LogP contribution in [-0.2, 0) is 0 Å². The highest BCUT2D eigenvalue weighted by Gasteiger charge is 2.60. The first-order valence-electron chi connectivity index (χ1n) is 10.9. The summed E-state index contributed by atoms with van der Waals surface area (Å²) in [6.07, 6.45) is 17.1. The third-order valence-electron chi connectivity index (χ3n) is 9.73. The van der Waals surface area contributed by atoms with Crippen molar-refractivity contribution in [2.45, 2.75) is 85.0 Å². The van der Waals surface area contributed by atoms with Crippen LogP contribution >= 0.6 is 0 Å². The summed E-state index contributed by atoms with van der Waals surface area (Å²) in [4.78, 5) is 0. The highest BCUT2D eigenvalue weighted by molar-refractivity contribution is 5.11. The van der Waals surface area contributed by atoms with Crippen LogP contribution in [0.25, 0.3) is 0 Å². The molecule has 4 aliphatic carbocycles. The van der Waals surface area contributed by atoms with Crippen molar-refractivity contribution in [3.63, 3.8) is 0 Å². The van der Waals surface area contributed by atoms with Gasteiger partial charge >= 0.3 is 0 Å². The van der Waals surface area contributed by atoms with Crippen LogP contribution in [0, 0.1) is 46.3 Å². The fraction of sp³-hybridized carbons (Fsp3) is 0.875. The standard InChI is InChI=1S/C24H38/c1-5-8-17-9-7-15-24(4)20(17)13-11-19-21-12-10-18(6-2)23(21,3)16-14-22(19)24/h8,17-22H,1,6-7,9-16H2,2-4H3/t17?,18-,19-,20?,21-,22-,23+,24-/m0/s1. The maximum Gasteiger partial charge on any atom is -0.0124 e. The summed E-state index contributed by atoms with van der Waals surface area (Å²) in [5, 5.41) is 0. The maximum atomic E-state index is 3.89. The first kappa shape index (κ1) is 17.0. The Kier molecular flexibility index (Phi) is 4.28. The number of hydrogen-bond donors (Lipinski definition) is 0. The summed E-state index contributed by atoms with van der Waals surface area (Å²) in [7, 11) is 0. The van der Waals surface area contributed by atoms with Gasteiger partial charge in [0, 0.05) is 0 Å². The van der Waals surface area contributed by atoms with E-state index in [0.29, 0.717) is 10.8 Å². The molecule has 0 aromatic carbocycles. The fourth-order valence-electron chi connectivity index (χ4n) is 8.61. The summed E-state index contributed by atoms with van der Waals surface area (Å²) in [5.41, 5.74) is 4.42. The van der Waals surface area contributed by atoms with Crippen LogP contribution in [0.2, 0.25) is 0 Å². The number of hydrogen-bond acceptors (Lipinski definition) is 0. The van der Waals surface area contributed by atoms with Gasteiger partial charge in [0.15, 0.2) is 0 Å². The summed E-state index contributed by atoms with van der Waals surface area (Å²) < 4.78 is 0. The molecule has 2 unspecified atom stereocenters. The van der Waals surface area contributed by atoms with Gasteiger partial charge in [0.2, 0.25) is 0 Å². The van der Waals surface area contributed by atoms with Gasteiger partial charge < -0.3 is 0 Å². The smallest absolute Gasteiger partial charge is 0.0124 e. The summed E-state index contributed by atoms with van der Waals surface area (Å²) in [5.74, 6) is 5.77. The average Bonchev–Trinajstić information content (AvgIpc) is 2.91. The van der Waals surface area contributed by atoms with Crippen molar-refractivity contribution >= 4 is 0 Å². The molecule has 4 saturated carbocycles.